The van der Waals surface area contributed by atoms with Crippen molar-refractivity contribution in [3.63, 3.8) is 0 Å². The third kappa shape index (κ3) is 2.94. The SMILES string of the molecule is Cc1ccc(C2=CC3(C=C2c2ccc(S(N)(=O)=O)cc2)CCC3)cn1. The number of nitrogens with zero attached hydrogens (tertiary/aromatic N) is 1. The molecular formula is C20H20N2O2S. The standard InChI is InChI=1S/C20H20N2O2S/c1-14-3-4-16(13-22-14)19-12-20(9-2-10-20)11-18(19)15-5-7-17(8-6-15)25(21,23)24/h3-8,11-13H,2,9-10H2,1H3,(H2,21,23,24). The molecule has 2 aliphatic rings. The van der Waals surface area contributed by atoms with Crippen molar-refractivity contribution in [2.24, 2.45) is 10.6 Å². The lowest BCUT2D eigenvalue weighted by Gasteiger charge is -2.34. The molecule has 1 aromatic heterocycles. The Hall–Kier alpha value is -2.24. The summed E-state index contributed by atoms with van der Waals surface area (Å²) in [7, 11) is -3.67. The Morgan fingerprint density at radius 2 is 1.56 bits per heavy atom. The lowest BCUT2D eigenvalue weighted by atomic mass is 9.70. The average molecular weight is 352 g/mol. The lowest BCUT2D eigenvalue weighted by molar-refractivity contribution is 0.282. The molecule has 0 saturated heterocycles. The minimum atomic E-state index is -3.67. The van der Waals surface area contributed by atoms with E-state index in [0.717, 1.165) is 35.2 Å². The highest BCUT2D eigenvalue weighted by molar-refractivity contribution is 7.89. The van der Waals surface area contributed by atoms with E-state index in [0.29, 0.717) is 0 Å². The summed E-state index contributed by atoms with van der Waals surface area (Å²) in [5.74, 6) is 0. The molecule has 0 bridgehead atoms. The molecule has 4 nitrogen and oxygen atoms in total. The maximum Gasteiger partial charge on any atom is 0.238 e. The van der Waals surface area contributed by atoms with E-state index in [4.69, 9.17) is 5.14 Å². The van der Waals surface area contributed by atoms with E-state index < -0.39 is 10.0 Å². The molecule has 1 saturated carbocycles. The van der Waals surface area contributed by atoms with Gasteiger partial charge in [0.15, 0.2) is 0 Å². The van der Waals surface area contributed by atoms with Crippen molar-refractivity contribution in [3.05, 3.63) is 71.6 Å². The molecule has 1 spiro atoms. The van der Waals surface area contributed by atoms with Crippen LogP contribution in [0, 0.1) is 12.3 Å². The van der Waals surface area contributed by atoms with Gasteiger partial charge in [0.1, 0.15) is 0 Å². The second-order valence-electron chi connectivity index (χ2n) is 6.96. The monoisotopic (exact) mass is 352 g/mol. The highest BCUT2D eigenvalue weighted by Crippen LogP contribution is 2.53. The van der Waals surface area contributed by atoms with Crippen molar-refractivity contribution in [3.8, 4) is 0 Å². The molecule has 4 rings (SSSR count). The molecule has 2 aliphatic carbocycles. The first-order chi connectivity index (χ1) is 11.9. The first kappa shape index (κ1) is 16.2. The second-order valence-corrected chi connectivity index (χ2v) is 8.52. The van der Waals surface area contributed by atoms with Gasteiger partial charge in [-0.3, -0.25) is 4.98 Å². The van der Waals surface area contributed by atoms with E-state index in [2.05, 4.69) is 23.2 Å². The second kappa shape index (κ2) is 5.64. The zero-order valence-electron chi connectivity index (χ0n) is 14.1. The van der Waals surface area contributed by atoms with Gasteiger partial charge in [-0.15, -0.1) is 0 Å². The Bertz CT molecular complexity index is 981. The van der Waals surface area contributed by atoms with Crippen molar-refractivity contribution in [2.75, 3.05) is 0 Å². The molecular weight excluding hydrogens is 332 g/mol. The molecule has 1 fully saturated rings. The Balaban J connectivity index is 1.77. The highest BCUT2D eigenvalue weighted by atomic mass is 32.2. The van der Waals surface area contributed by atoms with Crippen molar-refractivity contribution >= 4 is 21.2 Å². The van der Waals surface area contributed by atoms with Crippen molar-refractivity contribution in [1.29, 1.82) is 0 Å². The van der Waals surface area contributed by atoms with Gasteiger partial charge in [-0.05, 0) is 54.7 Å². The Morgan fingerprint density at radius 1 is 0.960 bits per heavy atom. The molecule has 0 atom stereocenters. The fraction of sp³-hybridized carbons (Fsp3) is 0.250. The largest absolute Gasteiger partial charge is 0.261 e. The van der Waals surface area contributed by atoms with Crippen LogP contribution in [0.3, 0.4) is 0 Å². The zero-order valence-corrected chi connectivity index (χ0v) is 14.9. The summed E-state index contributed by atoms with van der Waals surface area (Å²) < 4.78 is 23.0. The Morgan fingerprint density at radius 3 is 2.04 bits per heavy atom. The lowest BCUT2D eigenvalue weighted by Crippen LogP contribution is -2.22. The number of nitrogens with two attached hydrogens (primary N) is 1. The summed E-state index contributed by atoms with van der Waals surface area (Å²) >= 11 is 0. The van der Waals surface area contributed by atoms with Crippen LogP contribution < -0.4 is 5.14 Å². The fourth-order valence-corrected chi connectivity index (χ4v) is 4.09. The van der Waals surface area contributed by atoms with Gasteiger partial charge in [0, 0.05) is 22.9 Å². The number of allylic oxidation sites excluding steroid dienone is 4. The summed E-state index contributed by atoms with van der Waals surface area (Å²) in [5, 5.41) is 5.20. The van der Waals surface area contributed by atoms with Crippen LogP contribution in [-0.4, -0.2) is 13.4 Å². The number of hydrogen-bond donors (Lipinski definition) is 1. The number of hydrogen-bond acceptors (Lipinski definition) is 3. The van der Waals surface area contributed by atoms with Crippen LogP contribution in [0.15, 0.2) is 59.6 Å². The van der Waals surface area contributed by atoms with Crippen LogP contribution in [0.5, 0.6) is 0 Å². The maximum absolute atomic E-state index is 11.5. The van der Waals surface area contributed by atoms with E-state index >= 15 is 0 Å². The van der Waals surface area contributed by atoms with E-state index in [1.807, 2.05) is 31.3 Å². The molecule has 0 aliphatic heterocycles. The summed E-state index contributed by atoms with van der Waals surface area (Å²) in [6.07, 6.45) is 10.2. The van der Waals surface area contributed by atoms with Gasteiger partial charge in [0.2, 0.25) is 10.0 Å². The first-order valence-corrected chi connectivity index (χ1v) is 9.93. The van der Waals surface area contributed by atoms with Gasteiger partial charge in [-0.1, -0.05) is 36.8 Å². The van der Waals surface area contributed by atoms with Crippen LogP contribution in [-0.2, 0) is 10.0 Å². The summed E-state index contributed by atoms with van der Waals surface area (Å²) in [4.78, 5) is 4.56. The first-order valence-electron chi connectivity index (χ1n) is 8.39. The van der Waals surface area contributed by atoms with E-state index in [1.165, 1.54) is 12.0 Å². The van der Waals surface area contributed by atoms with Crippen LogP contribution in [0.2, 0.25) is 0 Å². The number of aryl methyl sites for hydroxylation is 1. The van der Waals surface area contributed by atoms with Crippen LogP contribution in [0.1, 0.15) is 36.1 Å². The number of sulfonamides is 1. The van der Waals surface area contributed by atoms with Crippen molar-refractivity contribution in [1.82, 2.24) is 4.98 Å². The molecule has 25 heavy (non-hydrogen) atoms. The van der Waals surface area contributed by atoms with Crippen LogP contribution in [0.4, 0.5) is 0 Å². The number of primary sulfonamides is 1. The third-order valence-corrected chi connectivity index (χ3v) is 6.08. The van der Waals surface area contributed by atoms with Gasteiger partial charge < -0.3 is 0 Å². The predicted molar refractivity (Wildman–Crippen MR) is 99.0 cm³/mol. The number of benzene rings is 1. The molecule has 1 heterocycles. The predicted octanol–water partition coefficient (Wildman–Crippen LogP) is 3.69. The smallest absolute Gasteiger partial charge is 0.238 e. The topological polar surface area (TPSA) is 73.1 Å². The number of aromatic nitrogens is 1. The van der Waals surface area contributed by atoms with E-state index in [1.54, 1.807) is 12.1 Å². The molecule has 0 amide bonds. The molecule has 5 heteroatoms. The molecule has 2 N–H and O–H groups in total. The Labute approximate surface area is 148 Å². The Kier molecular flexibility index (Phi) is 3.67. The molecule has 2 aromatic rings. The van der Waals surface area contributed by atoms with Crippen LogP contribution >= 0.6 is 0 Å². The summed E-state index contributed by atoms with van der Waals surface area (Å²) in [6.45, 7) is 1.98. The van der Waals surface area contributed by atoms with Gasteiger partial charge in [-0.2, -0.15) is 0 Å². The maximum atomic E-state index is 11.5. The van der Waals surface area contributed by atoms with E-state index in [9.17, 15) is 8.42 Å². The fourth-order valence-electron chi connectivity index (χ4n) is 3.57. The van der Waals surface area contributed by atoms with E-state index in [-0.39, 0.29) is 10.3 Å². The average Bonchev–Trinajstić information content (AvgIpc) is 2.96. The summed E-state index contributed by atoms with van der Waals surface area (Å²) in [6, 6.07) is 10.9. The zero-order chi connectivity index (χ0) is 17.7. The molecule has 0 radical (unpaired) electrons. The molecule has 128 valence electrons. The number of pyridine rings is 1. The van der Waals surface area contributed by atoms with Gasteiger partial charge in [-0.25, -0.2) is 13.6 Å². The molecule has 0 unspecified atom stereocenters. The van der Waals surface area contributed by atoms with Gasteiger partial charge in [0.05, 0.1) is 4.90 Å². The third-order valence-electron chi connectivity index (χ3n) is 5.15. The minimum absolute atomic E-state index is 0.135. The number of rotatable bonds is 3. The van der Waals surface area contributed by atoms with Gasteiger partial charge in [0.25, 0.3) is 0 Å². The molecule has 1 aromatic carbocycles. The highest BCUT2D eigenvalue weighted by Gasteiger charge is 2.38. The van der Waals surface area contributed by atoms with Gasteiger partial charge >= 0.3 is 0 Å². The minimum Gasteiger partial charge on any atom is -0.261 e. The quantitative estimate of drug-likeness (QED) is 0.915. The summed E-state index contributed by atoms with van der Waals surface area (Å²) in [5.41, 5.74) is 5.55. The normalized spacial score (nSPS) is 18.6. The van der Waals surface area contributed by atoms with Crippen molar-refractivity contribution in [2.45, 2.75) is 31.1 Å². The van der Waals surface area contributed by atoms with Crippen molar-refractivity contribution < 1.29 is 8.42 Å². The van der Waals surface area contributed by atoms with Crippen LogP contribution in [0.25, 0.3) is 11.1 Å².